The maximum Gasteiger partial charge on any atom is 0.339 e. The Hall–Kier alpha value is -4.19. The lowest BCUT2D eigenvalue weighted by molar-refractivity contribution is -0.139. The quantitative estimate of drug-likeness (QED) is 0.472. The van der Waals surface area contributed by atoms with Crippen molar-refractivity contribution in [1.29, 1.82) is 0 Å². The van der Waals surface area contributed by atoms with Crippen LogP contribution in [-0.2, 0) is 22.5 Å². The highest BCUT2D eigenvalue weighted by molar-refractivity contribution is 5.97. The second-order valence-corrected chi connectivity index (χ2v) is 8.29. The highest BCUT2D eigenvalue weighted by Crippen LogP contribution is 2.29. The number of hydrogen-bond donors (Lipinski definition) is 1. The number of ether oxygens (including phenoxy) is 1. The Morgan fingerprint density at radius 1 is 1.00 bits per heavy atom. The third-order valence-corrected chi connectivity index (χ3v) is 5.86. The molecule has 2 heterocycles. The average molecular weight is 437 g/mol. The predicted molar refractivity (Wildman–Crippen MR) is 125 cm³/mol. The number of rotatable bonds is 5. The molecule has 1 N–H and O–H groups in total. The molecule has 0 fully saturated rings. The molecule has 0 spiro atoms. The molecule has 3 aromatic carbocycles. The standard InChI is InChI=1S/C27H23N3O3/c1-27(16-20-12-8-9-15-23(20)25(31)33-27)26(32)28-17-21-18-30(22-13-6-3-7-14-22)29-24(21)19-10-4-2-5-11-19/h2-15,18H,16-17H2,1H3,(H,28,32). The predicted octanol–water partition coefficient (Wildman–Crippen LogP) is 4.33. The van der Waals surface area contributed by atoms with Crippen LogP contribution in [0.15, 0.2) is 91.1 Å². The molecular formula is C27H23N3O3. The number of nitrogens with one attached hydrogen (secondary N) is 1. The van der Waals surface area contributed by atoms with Crippen LogP contribution in [0.25, 0.3) is 16.9 Å². The van der Waals surface area contributed by atoms with Gasteiger partial charge < -0.3 is 10.1 Å². The number of para-hydroxylation sites is 1. The molecule has 0 radical (unpaired) electrons. The second kappa shape index (κ2) is 8.39. The largest absolute Gasteiger partial charge is 0.445 e. The molecule has 33 heavy (non-hydrogen) atoms. The van der Waals surface area contributed by atoms with Crippen molar-refractivity contribution >= 4 is 11.9 Å². The lowest BCUT2D eigenvalue weighted by Crippen LogP contribution is -2.51. The molecular weight excluding hydrogens is 414 g/mol. The summed E-state index contributed by atoms with van der Waals surface area (Å²) in [4.78, 5) is 25.6. The first kappa shape index (κ1) is 20.7. The Morgan fingerprint density at radius 3 is 2.42 bits per heavy atom. The van der Waals surface area contributed by atoms with Gasteiger partial charge in [0.15, 0.2) is 5.60 Å². The number of carbonyl (C=O) groups excluding carboxylic acids is 2. The molecule has 1 atom stereocenters. The van der Waals surface area contributed by atoms with Crippen molar-refractivity contribution in [1.82, 2.24) is 15.1 Å². The lowest BCUT2D eigenvalue weighted by atomic mass is 9.89. The number of fused-ring (bicyclic) bond motifs is 1. The van der Waals surface area contributed by atoms with Gasteiger partial charge in [0, 0.05) is 30.3 Å². The summed E-state index contributed by atoms with van der Waals surface area (Å²) in [6.45, 7) is 1.91. The van der Waals surface area contributed by atoms with Crippen molar-refractivity contribution in [3.05, 3.63) is 108 Å². The zero-order valence-electron chi connectivity index (χ0n) is 18.2. The van der Waals surface area contributed by atoms with E-state index in [4.69, 9.17) is 9.84 Å². The second-order valence-electron chi connectivity index (χ2n) is 8.29. The van der Waals surface area contributed by atoms with E-state index in [1.165, 1.54) is 0 Å². The van der Waals surface area contributed by atoms with Crippen LogP contribution in [0, 0.1) is 0 Å². The van der Waals surface area contributed by atoms with Crippen LogP contribution < -0.4 is 5.32 Å². The minimum Gasteiger partial charge on any atom is -0.445 e. The smallest absolute Gasteiger partial charge is 0.339 e. The Kier molecular flexibility index (Phi) is 5.26. The summed E-state index contributed by atoms with van der Waals surface area (Å²) in [5.41, 5.74) is 3.60. The van der Waals surface area contributed by atoms with E-state index in [-0.39, 0.29) is 12.5 Å². The minimum atomic E-state index is -1.27. The number of hydrogen-bond acceptors (Lipinski definition) is 4. The van der Waals surface area contributed by atoms with Crippen LogP contribution in [0.2, 0.25) is 0 Å². The van der Waals surface area contributed by atoms with Crippen LogP contribution in [0.5, 0.6) is 0 Å². The summed E-state index contributed by atoms with van der Waals surface area (Å²) in [5, 5.41) is 7.75. The highest BCUT2D eigenvalue weighted by atomic mass is 16.6. The van der Waals surface area contributed by atoms with Gasteiger partial charge in [-0.25, -0.2) is 9.48 Å². The molecule has 1 aliphatic heterocycles. The van der Waals surface area contributed by atoms with Crippen LogP contribution in [0.1, 0.15) is 28.4 Å². The Bertz CT molecular complexity index is 1310. The van der Waals surface area contributed by atoms with Crippen LogP contribution in [0.3, 0.4) is 0 Å². The van der Waals surface area contributed by atoms with E-state index >= 15 is 0 Å². The average Bonchev–Trinajstić information content (AvgIpc) is 3.28. The van der Waals surface area contributed by atoms with Crippen molar-refractivity contribution in [2.75, 3.05) is 0 Å². The molecule has 1 aliphatic rings. The monoisotopic (exact) mass is 437 g/mol. The third-order valence-electron chi connectivity index (χ3n) is 5.86. The van der Waals surface area contributed by atoms with Gasteiger partial charge in [-0.1, -0.05) is 66.7 Å². The van der Waals surface area contributed by atoms with Crippen molar-refractivity contribution in [3.63, 3.8) is 0 Å². The van der Waals surface area contributed by atoms with E-state index < -0.39 is 11.6 Å². The fourth-order valence-electron chi connectivity index (χ4n) is 4.11. The van der Waals surface area contributed by atoms with Crippen LogP contribution in [0.4, 0.5) is 0 Å². The zero-order chi connectivity index (χ0) is 22.8. The number of esters is 1. The van der Waals surface area contributed by atoms with E-state index in [0.29, 0.717) is 12.0 Å². The van der Waals surface area contributed by atoms with E-state index in [1.807, 2.05) is 83.7 Å². The van der Waals surface area contributed by atoms with E-state index in [9.17, 15) is 9.59 Å². The third kappa shape index (κ3) is 4.03. The number of aromatic nitrogens is 2. The molecule has 0 saturated carbocycles. The van der Waals surface area contributed by atoms with Gasteiger partial charge >= 0.3 is 5.97 Å². The fraction of sp³-hybridized carbons (Fsp3) is 0.148. The van der Waals surface area contributed by atoms with Gasteiger partial charge in [0.1, 0.15) is 0 Å². The van der Waals surface area contributed by atoms with Crippen molar-refractivity contribution in [3.8, 4) is 16.9 Å². The molecule has 6 nitrogen and oxygen atoms in total. The Labute approximate surface area is 191 Å². The van der Waals surface area contributed by atoms with Gasteiger partial charge in [-0.3, -0.25) is 4.79 Å². The highest BCUT2D eigenvalue weighted by Gasteiger charge is 2.42. The van der Waals surface area contributed by atoms with Crippen molar-refractivity contribution < 1.29 is 14.3 Å². The summed E-state index contributed by atoms with van der Waals surface area (Å²) in [7, 11) is 0. The number of carbonyl (C=O) groups is 2. The lowest BCUT2D eigenvalue weighted by Gasteiger charge is -2.33. The van der Waals surface area contributed by atoms with Gasteiger partial charge in [0.05, 0.1) is 16.9 Å². The van der Waals surface area contributed by atoms with Gasteiger partial charge in [-0.2, -0.15) is 5.10 Å². The molecule has 1 amide bonds. The summed E-state index contributed by atoms with van der Waals surface area (Å²) < 4.78 is 7.38. The first-order valence-corrected chi connectivity index (χ1v) is 10.8. The van der Waals surface area contributed by atoms with E-state index in [1.54, 1.807) is 19.1 Å². The van der Waals surface area contributed by atoms with Gasteiger partial charge in [0.25, 0.3) is 5.91 Å². The van der Waals surface area contributed by atoms with E-state index in [2.05, 4.69) is 5.32 Å². The fourth-order valence-corrected chi connectivity index (χ4v) is 4.11. The Balaban J connectivity index is 1.41. The van der Waals surface area contributed by atoms with Crippen LogP contribution >= 0.6 is 0 Å². The first-order valence-electron chi connectivity index (χ1n) is 10.8. The zero-order valence-corrected chi connectivity index (χ0v) is 18.2. The summed E-state index contributed by atoms with van der Waals surface area (Å²) in [6.07, 6.45) is 2.25. The minimum absolute atomic E-state index is 0.255. The molecule has 1 aromatic heterocycles. The molecule has 0 aliphatic carbocycles. The normalized spacial score (nSPS) is 17.2. The van der Waals surface area contributed by atoms with Gasteiger partial charge in [-0.05, 0) is 30.7 Å². The molecule has 164 valence electrons. The number of nitrogens with zero attached hydrogens (tertiary/aromatic N) is 2. The molecule has 1 unspecified atom stereocenters. The first-order chi connectivity index (χ1) is 16.0. The number of amides is 1. The summed E-state index contributed by atoms with van der Waals surface area (Å²) in [6, 6.07) is 26.9. The molecule has 5 rings (SSSR count). The summed E-state index contributed by atoms with van der Waals surface area (Å²) in [5.74, 6) is -0.812. The van der Waals surface area contributed by atoms with E-state index in [0.717, 1.165) is 28.1 Å². The molecule has 4 aromatic rings. The van der Waals surface area contributed by atoms with Gasteiger partial charge in [0.2, 0.25) is 0 Å². The number of cyclic esters (lactones) is 1. The van der Waals surface area contributed by atoms with Crippen molar-refractivity contribution in [2.45, 2.75) is 25.5 Å². The maximum atomic E-state index is 13.2. The molecule has 0 bridgehead atoms. The molecule has 0 saturated heterocycles. The summed E-state index contributed by atoms with van der Waals surface area (Å²) >= 11 is 0. The Morgan fingerprint density at radius 2 is 1.67 bits per heavy atom. The maximum absolute atomic E-state index is 13.2. The number of benzene rings is 3. The topological polar surface area (TPSA) is 73.2 Å². The molecule has 6 heteroatoms. The van der Waals surface area contributed by atoms with Crippen LogP contribution in [-0.4, -0.2) is 27.3 Å². The van der Waals surface area contributed by atoms with Gasteiger partial charge in [-0.15, -0.1) is 0 Å². The SMILES string of the molecule is CC1(C(=O)NCc2cn(-c3ccccc3)nc2-c2ccccc2)Cc2ccccc2C(=O)O1. The van der Waals surface area contributed by atoms with Crippen molar-refractivity contribution in [2.24, 2.45) is 0 Å².